The molecule has 2 aromatic rings. The minimum atomic E-state index is -0.407. The number of rotatable bonds is 5. The van der Waals surface area contributed by atoms with Crippen molar-refractivity contribution in [2.75, 3.05) is 43.5 Å². The molecule has 8 nitrogen and oxygen atoms in total. The molecule has 1 aliphatic heterocycles. The zero-order valence-corrected chi connectivity index (χ0v) is 14.9. The Morgan fingerprint density at radius 3 is 2.62 bits per heavy atom. The third kappa shape index (κ3) is 4.02. The molecule has 0 saturated carbocycles. The molecule has 0 unspecified atom stereocenters. The number of amides is 2. The number of benzene rings is 1. The molecule has 136 valence electrons. The number of hydrogen-bond donors (Lipinski definition) is 1. The second-order valence-electron chi connectivity index (χ2n) is 5.69. The molecule has 0 radical (unpaired) electrons. The van der Waals surface area contributed by atoms with E-state index in [4.69, 9.17) is 16.3 Å². The number of nitrogens with one attached hydrogen (secondary N) is 1. The Bertz CT molecular complexity index is 791. The molecule has 0 atom stereocenters. The lowest BCUT2D eigenvalue weighted by molar-refractivity contribution is -0.118. The molecule has 0 spiro atoms. The topological polar surface area (TPSA) is 87.7 Å². The van der Waals surface area contributed by atoms with Crippen molar-refractivity contribution >= 4 is 35.4 Å². The minimum Gasteiger partial charge on any atom is -0.495 e. The Balaban J connectivity index is 1.68. The summed E-state index contributed by atoms with van der Waals surface area (Å²) in [6.45, 7) is 2.64. The third-order valence-electron chi connectivity index (χ3n) is 4.07. The average molecular weight is 376 g/mol. The smallest absolute Gasteiger partial charge is 0.275 e. The monoisotopic (exact) mass is 375 g/mol. The highest BCUT2D eigenvalue weighted by molar-refractivity contribution is 6.31. The molecule has 26 heavy (non-hydrogen) atoms. The first-order chi connectivity index (χ1) is 12.6. The van der Waals surface area contributed by atoms with E-state index in [1.807, 2.05) is 4.90 Å². The van der Waals surface area contributed by atoms with Crippen LogP contribution in [0.25, 0.3) is 0 Å². The zero-order valence-electron chi connectivity index (χ0n) is 14.2. The number of nitrogens with zero attached hydrogens (tertiary/aromatic N) is 4. The lowest BCUT2D eigenvalue weighted by atomic mass is 10.2. The van der Waals surface area contributed by atoms with Crippen molar-refractivity contribution in [3.8, 4) is 5.75 Å². The first-order valence-corrected chi connectivity index (χ1v) is 8.39. The van der Waals surface area contributed by atoms with E-state index in [0.29, 0.717) is 48.5 Å². The summed E-state index contributed by atoms with van der Waals surface area (Å²) in [6.07, 6.45) is 3.83. The quantitative estimate of drug-likeness (QED) is 0.800. The van der Waals surface area contributed by atoms with Crippen molar-refractivity contribution in [3.05, 3.63) is 41.3 Å². The number of halogens is 1. The first-order valence-electron chi connectivity index (χ1n) is 8.02. The highest BCUT2D eigenvalue weighted by atomic mass is 35.5. The maximum absolute atomic E-state index is 12.4. The van der Waals surface area contributed by atoms with Crippen LogP contribution in [0.1, 0.15) is 10.5 Å². The van der Waals surface area contributed by atoms with Crippen LogP contribution in [0.3, 0.4) is 0 Å². The molecule has 0 bridgehead atoms. The largest absolute Gasteiger partial charge is 0.495 e. The predicted molar refractivity (Wildman–Crippen MR) is 97.8 cm³/mol. The van der Waals surface area contributed by atoms with Crippen molar-refractivity contribution in [2.45, 2.75) is 0 Å². The number of aromatic nitrogens is 2. The standard InChI is InChI=1S/C17H18ClN5O3/c1-26-15-3-2-12(18)8-13(15)21-17(25)14-9-20-16(10-19-14)23-6-4-22(11-24)5-7-23/h2-3,8-11H,4-7H2,1H3,(H,21,25). The fourth-order valence-corrected chi connectivity index (χ4v) is 2.79. The Morgan fingerprint density at radius 1 is 1.23 bits per heavy atom. The summed E-state index contributed by atoms with van der Waals surface area (Å²) in [5, 5.41) is 3.20. The molecular formula is C17H18ClN5O3. The third-order valence-corrected chi connectivity index (χ3v) is 4.30. The summed E-state index contributed by atoms with van der Waals surface area (Å²) in [7, 11) is 1.51. The van der Waals surface area contributed by atoms with E-state index in [0.717, 1.165) is 6.41 Å². The number of hydrogen-bond acceptors (Lipinski definition) is 6. The molecule has 1 aromatic heterocycles. The predicted octanol–water partition coefficient (Wildman–Crippen LogP) is 1.67. The van der Waals surface area contributed by atoms with Crippen LogP contribution in [-0.2, 0) is 4.79 Å². The maximum atomic E-state index is 12.4. The number of ether oxygens (including phenoxy) is 1. The van der Waals surface area contributed by atoms with E-state index in [1.165, 1.54) is 13.3 Å². The van der Waals surface area contributed by atoms with Crippen LogP contribution in [0.5, 0.6) is 5.75 Å². The van der Waals surface area contributed by atoms with Crippen LogP contribution in [0, 0.1) is 0 Å². The molecule has 3 rings (SSSR count). The van der Waals surface area contributed by atoms with Gasteiger partial charge in [0.05, 0.1) is 25.2 Å². The van der Waals surface area contributed by atoms with Crippen LogP contribution in [0.4, 0.5) is 11.5 Å². The fraction of sp³-hybridized carbons (Fsp3) is 0.294. The van der Waals surface area contributed by atoms with Gasteiger partial charge in [0.2, 0.25) is 6.41 Å². The van der Waals surface area contributed by atoms with Crippen molar-refractivity contribution in [1.29, 1.82) is 0 Å². The van der Waals surface area contributed by atoms with E-state index >= 15 is 0 Å². The summed E-state index contributed by atoms with van der Waals surface area (Å²) in [5.74, 6) is 0.767. The number of piperazine rings is 1. The van der Waals surface area contributed by atoms with Crippen molar-refractivity contribution < 1.29 is 14.3 Å². The van der Waals surface area contributed by atoms with Crippen LogP contribution >= 0.6 is 11.6 Å². The number of carbonyl (C=O) groups excluding carboxylic acids is 2. The summed E-state index contributed by atoms with van der Waals surface area (Å²) in [6, 6.07) is 4.95. The van der Waals surface area contributed by atoms with E-state index in [-0.39, 0.29) is 5.69 Å². The van der Waals surface area contributed by atoms with Crippen LogP contribution in [0.2, 0.25) is 5.02 Å². The Labute approximate surface area is 155 Å². The van der Waals surface area contributed by atoms with Gasteiger partial charge < -0.3 is 19.9 Å². The van der Waals surface area contributed by atoms with Gasteiger partial charge in [0, 0.05) is 31.2 Å². The highest BCUT2D eigenvalue weighted by Gasteiger charge is 2.18. The summed E-state index contributed by atoms with van der Waals surface area (Å²) >= 11 is 5.97. The number of methoxy groups -OCH3 is 1. The van der Waals surface area contributed by atoms with E-state index in [9.17, 15) is 9.59 Å². The summed E-state index contributed by atoms with van der Waals surface area (Å²) in [4.78, 5) is 35.4. The van der Waals surface area contributed by atoms with Crippen LogP contribution in [-0.4, -0.2) is 60.5 Å². The molecule has 1 N–H and O–H groups in total. The summed E-state index contributed by atoms with van der Waals surface area (Å²) in [5.41, 5.74) is 0.642. The second-order valence-corrected chi connectivity index (χ2v) is 6.12. The number of carbonyl (C=O) groups is 2. The van der Waals surface area contributed by atoms with Gasteiger partial charge in [-0.05, 0) is 18.2 Å². The molecule has 1 fully saturated rings. The van der Waals surface area contributed by atoms with Gasteiger partial charge in [-0.15, -0.1) is 0 Å². The molecule has 1 aliphatic rings. The SMILES string of the molecule is COc1ccc(Cl)cc1NC(=O)c1cnc(N2CCN(C=O)CC2)cn1. The van der Waals surface area contributed by atoms with E-state index in [1.54, 1.807) is 29.3 Å². The van der Waals surface area contributed by atoms with Crippen molar-refractivity contribution in [1.82, 2.24) is 14.9 Å². The lowest BCUT2D eigenvalue weighted by Gasteiger charge is -2.33. The van der Waals surface area contributed by atoms with Gasteiger partial charge in [-0.25, -0.2) is 9.97 Å². The zero-order chi connectivity index (χ0) is 18.5. The molecule has 9 heteroatoms. The Morgan fingerprint density at radius 2 is 2.00 bits per heavy atom. The average Bonchev–Trinajstić information content (AvgIpc) is 2.68. The fourth-order valence-electron chi connectivity index (χ4n) is 2.62. The minimum absolute atomic E-state index is 0.183. The van der Waals surface area contributed by atoms with E-state index in [2.05, 4.69) is 15.3 Å². The summed E-state index contributed by atoms with van der Waals surface area (Å²) < 4.78 is 5.21. The Kier molecular flexibility index (Phi) is 5.52. The van der Waals surface area contributed by atoms with Gasteiger partial charge in [-0.2, -0.15) is 0 Å². The van der Waals surface area contributed by atoms with Gasteiger partial charge in [-0.3, -0.25) is 9.59 Å². The van der Waals surface area contributed by atoms with Crippen LogP contribution < -0.4 is 15.0 Å². The van der Waals surface area contributed by atoms with Crippen molar-refractivity contribution in [3.63, 3.8) is 0 Å². The molecule has 2 heterocycles. The second kappa shape index (κ2) is 8.01. The lowest BCUT2D eigenvalue weighted by Crippen LogP contribution is -2.46. The number of anilines is 2. The van der Waals surface area contributed by atoms with Crippen LogP contribution in [0.15, 0.2) is 30.6 Å². The maximum Gasteiger partial charge on any atom is 0.275 e. The van der Waals surface area contributed by atoms with Crippen molar-refractivity contribution in [2.24, 2.45) is 0 Å². The molecule has 0 aliphatic carbocycles. The molecular weight excluding hydrogens is 358 g/mol. The van der Waals surface area contributed by atoms with Gasteiger partial charge >= 0.3 is 0 Å². The normalized spacial score (nSPS) is 14.1. The molecule has 2 amide bonds. The van der Waals surface area contributed by atoms with E-state index < -0.39 is 5.91 Å². The highest BCUT2D eigenvalue weighted by Crippen LogP contribution is 2.28. The van der Waals surface area contributed by atoms with Gasteiger partial charge in [0.1, 0.15) is 17.3 Å². The van der Waals surface area contributed by atoms with Gasteiger partial charge in [-0.1, -0.05) is 11.6 Å². The molecule has 1 saturated heterocycles. The van der Waals surface area contributed by atoms with Gasteiger partial charge in [0.15, 0.2) is 0 Å². The first kappa shape index (κ1) is 17.9. The molecule has 1 aromatic carbocycles. The van der Waals surface area contributed by atoms with Gasteiger partial charge in [0.25, 0.3) is 5.91 Å². The Hall–Kier alpha value is -2.87.